The Morgan fingerprint density at radius 2 is 2.25 bits per heavy atom. The van der Waals surface area contributed by atoms with Gasteiger partial charge in [-0.2, -0.15) is 0 Å². The number of carboxylic acid groups (broad SMARTS) is 1. The molecule has 1 N–H and O–H groups in total. The predicted octanol–water partition coefficient (Wildman–Crippen LogP) is 1.67. The number of carboxylic acids is 1. The number of aromatic amines is 1. The van der Waals surface area contributed by atoms with E-state index in [-0.39, 0.29) is 6.42 Å². The van der Waals surface area contributed by atoms with E-state index >= 15 is 0 Å². The van der Waals surface area contributed by atoms with Crippen LogP contribution in [0.15, 0.2) is 16.6 Å². The molecular formula is C11H8BrFNO2-. The number of aryl methyl sites for hydroxylation is 1. The maximum absolute atomic E-state index is 13.6. The van der Waals surface area contributed by atoms with Gasteiger partial charge in [0.25, 0.3) is 0 Å². The maximum Gasteiger partial charge on any atom is 0.148 e. The number of rotatable bonds is 2. The molecule has 16 heavy (non-hydrogen) atoms. The Labute approximate surface area is 99.4 Å². The van der Waals surface area contributed by atoms with Gasteiger partial charge in [0.05, 0.1) is 5.52 Å². The van der Waals surface area contributed by atoms with Crippen LogP contribution >= 0.6 is 15.9 Å². The molecule has 1 aromatic carbocycles. The highest BCUT2D eigenvalue weighted by Gasteiger charge is 2.12. The minimum Gasteiger partial charge on any atom is -0.550 e. The van der Waals surface area contributed by atoms with Gasteiger partial charge in [0, 0.05) is 27.9 Å². The zero-order valence-electron chi connectivity index (χ0n) is 8.43. The first-order valence-electron chi connectivity index (χ1n) is 4.65. The van der Waals surface area contributed by atoms with Gasteiger partial charge in [-0.25, -0.2) is 4.39 Å². The molecular weight excluding hydrogens is 277 g/mol. The molecule has 0 aliphatic rings. The summed E-state index contributed by atoms with van der Waals surface area (Å²) in [6, 6.07) is 3.03. The number of benzene rings is 1. The fraction of sp³-hybridized carbons (Fsp3) is 0.182. The number of H-pyrrole nitrogens is 1. The first-order valence-corrected chi connectivity index (χ1v) is 5.44. The normalized spacial score (nSPS) is 10.9. The average Bonchev–Trinajstić information content (AvgIpc) is 2.45. The summed E-state index contributed by atoms with van der Waals surface area (Å²) in [5.41, 5.74) is 1.54. The number of nitrogens with one attached hydrogen (secondary N) is 1. The Balaban J connectivity index is 2.73. The fourth-order valence-corrected chi connectivity index (χ4v) is 2.21. The topological polar surface area (TPSA) is 55.9 Å². The number of hydrogen-bond donors (Lipinski definition) is 1. The number of aliphatic carboxylic acids is 1. The summed E-state index contributed by atoms with van der Waals surface area (Å²) in [6.07, 6.45) is -0.221. The molecule has 2 aromatic rings. The molecule has 0 atom stereocenters. The molecule has 0 aliphatic carbocycles. The minimum atomic E-state index is -1.18. The zero-order valence-corrected chi connectivity index (χ0v) is 10.0. The Morgan fingerprint density at radius 1 is 1.56 bits per heavy atom. The van der Waals surface area contributed by atoms with Gasteiger partial charge in [0.1, 0.15) is 5.82 Å². The molecule has 0 radical (unpaired) electrons. The molecule has 0 saturated carbocycles. The van der Waals surface area contributed by atoms with Crippen LogP contribution in [0.25, 0.3) is 10.9 Å². The molecule has 84 valence electrons. The van der Waals surface area contributed by atoms with Crippen LogP contribution in [0.1, 0.15) is 11.3 Å². The van der Waals surface area contributed by atoms with E-state index in [4.69, 9.17) is 0 Å². The Kier molecular flexibility index (Phi) is 2.71. The molecule has 0 bridgehead atoms. The van der Waals surface area contributed by atoms with Crippen LogP contribution in [-0.4, -0.2) is 11.0 Å². The number of halogens is 2. The SMILES string of the molecule is Cc1[nH]c2c(F)cc(Br)cc2c1CC(=O)[O-]. The van der Waals surface area contributed by atoms with Crippen LogP contribution in [0, 0.1) is 12.7 Å². The van der Waals surface area contributed by atoms with E-state index in [2.05, 4.69) is 20.9 Å². The number of fused-ring (bicyclic) bond motifs is 1. The number of hydrogen-bond acceptors (Lipinski definition) is 2. The number of carbonyl (C=O) groups is 1. The standard InChI is InChI=1S/C11H9BrFNO2/c1-5-7(4-10(15)16)8-2-6(12)3-9(13)11(8)14-5/h2-3,14H,4H2,1H3,(H,15,16)/p-1. The van der Waals surface area contributed by atoms with Gasteiger partial charge in [-0.15, -0.1) is 0 Å². The van der Waals surface area contributed by atoms with Gasteiger partial charge in [0.2, 0.25) is 0 Å². The Bertz CT molecular complexity index is 577. The lowest BCUT2D eigenvalue weighted by molar-refractivity contribution is -0.304. The van der Waals surface area contributed by atoms with Crippen molar-refractivity contribution in [2.24, 2.45) is 0 Å². The number of aromatic nitrogens is 1. The highest BCUT2D eigenvalue weighted by molar-refractivity contribution is 9.10. The molecule has 1 heterocycles. The van der Waals surface area contributed by atoms with Crippen molar-refractivity contribution < 1.29 is 14.3 Å². The lowest BCUT2D eigenvalue weighted by atomic mass is 10.1. The van der Waals surface area contributed by atoms with Crippen molar-refractivity contribution in [3.63, 3.8) is 0 Å². The molecule has 5 heteroatoms. The Hall–Kier alpha value is -1.36. The van der Waals surface area contributed by atoms with Gasteiger partial charge in [0.15, 0.2) is 0 Å². The molecule has 0 unspecified atom stereocenters. The number of carbonyl (C=O) groups excluding carboxylic acids is 1. The van der Waals surface area contributed by atoms with Gasteiger partial charge in [-0.05, 0) is 24.6 Å². The van der Waals surface area contributed by atoms with Gasteiger partial charge in [-0.1, -0.05) is 15.9 Å². The lowest BCUT2D eigenvalue weighted by Gasteiger charge is -2.02. The largest absolute Gasteiger partial charge is 0.550 e. The van der Waals surface area contributed by atoms with Crippen LogP contribution < -0.4 is 5.11 Å². The highest BCUT2D eigenvalue weighted by atomic mass is 79.9. The molecule has 0 saturated heterocycles. The summed E-state index contributed by atoms with van der Waals surface area (Å²) in [5, 5.41) is 11.2. The molecule has 0 fully saturated rings. The first kappa shape index (κ1) is 11.1. The second-order valence-corrected chi connectivity index (χ2v) is 4.50. The molecule has 0 spiro atoms. The van der Waals surface area contributed by atoms with E-state index in [1.54, 1.807) is 13.0 Å². The summed E-state index contributed by atoms with van der Waals surface area (Å²) in [4.78, 5) is 13.4. The third-order valence-electron chi connectivity index (χ3n) is 2.47. The van der Waals surface area contributed by atoms with Crippen molar-refractivity contribution >= 4 is 32.8 Å². The maximum atomic E-state index is 13.6. The molecule has 3 nitrogen and oxygen atoms in total. The summed E-state index contributed by atoms with van der Waals surface area (Å²) in [5.74, 6) is -1.58. The van der Waals surface area contributed by atoms with Gasteiger partial charge >= 0.3 is 0 Å². The second-order valence-electron chi connectivity index (χ2n) is 3.59. The van der Waals surface area contributed by atoms with Crippen LogP contribution in [0.3, 0.4) is 0 Å². The molecule has 1 aromatic heterocycles. The van der Waals surface area contributed by atoms with E-state index in [1.807, 2.05) is 0 Å². The monoisotopic (exact) mass is 284 g/mol. The second kappa shape index (κ2) is 3.90. The summed E-state index contributed by atoms with van der Waals surface area (Å²) < 4.78 is 14.1. The minimum absolute atomic E-state index is 0.221. The summed E-state index contributed by atoms with van der Waals surface area (Å²) in [7, 11) is 0. The van der Waals surface area contributed by atoms with Gasteiger partial charge in [-0.3, -0.25) is 0 Å². The van der Waals surface area contributed by atoms with Crippen molar-refractivity contribution in [1.82, 2.24) is 4.98 Å². The summed E-state index contributed by atoms with van der Waals surface area (Å²) >= 11 is 3.18. The van der Waals surface area contributed by atoms with Crippen LogP contribution in [0.5, 0.6) is 0 Å². The van der Waals surface area contributed by atoms with Crippen LogP contribution in [0.2, 0.25) is 0 Å². The van der Waals surface area contributed by atoms with Crippen molar-refractivity contribution in [3.05, 3.63) is 33.7 Å². The third-order valence-corrected chi connectivity index (χ3v) is 2.92. The van der Waals surface area contributed by atoms with Crippen molar-refractivity contribution in [1.29, 1.82) is 0 Å². The lowest BCUT2D eigenvalue weighted by Crippen LogP contribution is -2.24. The Morgan fingerprint density at radius 3 is 2.88 bits per heavy atom. The predicted molar refractivity (Wildman–Crippen MR) is 59.4 cm³/mol. The van der Waals surface area contributed by atoms with Crippen molar-refractivity contribution in [3.8, 4) is 0 Å². The third kappa shape index (κ3) is 1.82. The van der Waals surface area contributed by atoms with E-state index in [0.717, 1.165) is 0 Å². The van der Waals surface area contributed by atoms with E-state index in [1.165, 1.54) is 6.07 Å². The van der Waals surface area contributed by atoms with E-state index in [9.17, 15) is 14.3 Å². The van der Waals surface area contributed by atoms with Gasteiger partial charge < -0.3 is 14.9 Å². The van der Waals surface area contributed by atoms with Crippen LogP contribution in [-0.2, 0) is 11.2 Å². The smallest absolute Gasteiger partial charge is 0.148 e. The van der Waals surface area contributed by atoms with E-state index in [0.29, 0.717) is 26.6 Å². The highest BCUT2D eigenvalue weighted by Crippen LogP contribution is 2.28. The zero-order chi connectivity index (χ0) is 11.9. The quantitative estimate of drug-likeness (QED) is 0.912. The molecule has 0 aliphatic heterocycles. The van der Waals surface area contributed by atoms with E-state index < -0.39 is 11.8 Å². The van der Waals surface area contributed by atoms with Crippen LogP contribution in [0.4, 0.5) is 4.39 Å². The fourth-order valence-electron chi connectivity index (χ4n) is 1.78. The van der Waals surface area contributed by atoms with Crippen molar-refractivity contribution in [2.75, 3.05) is 0 Å². The molecule has 0 amide bonds. The summed E-state index contributed by atoms with van der Waals surface area (Å²) in [6.45, 7) is 1.71. The van der Waals surface area contributed by atoms with Crippen molar-refractivity contribution in [2.45, 2.75) is 13.3 Å². The first-order chi connectivity index (χ1) is 7.49. The average molecular weight is 285 g/mol. The molecule has 2 rings (SSSR count).